The van der Waals surface area contributed by atoms with Crippen molar-refractivity contribution in [2.75, 3.05) is 13.2 Å². The number of ether oxygens (including phenoxy) is 2. The molecule has 0 N–H and O–H groups in total. The minimum atomic E-state index is -0.836. The number of rotatable bonds is 15. The molecule has 0 heterocycles. The molecule has 2 atom stereocenters. The molecule has 0 aromatic heterocycles. The summed E-state index contributed by atoms with van der Waals surface area (Å²) in [4.78, 5) is 24.1. The zero-order valence-corrected chi connectivity index (χ0v) is 22.5. The van der Waals surface area contributed by atoms with Gasteiger partial charge in [0.05, 0.1) is 13.2 Å². The van der Waals surface area contributed by atoms with E-state index in [-0.39, 0.29) is 13.2 Å². The van der Waals surface area contributed by atoms with Gasteiger partial charge in [0, 0.05) is 6.42 Å². The number of hydrogen-bond donors (Lipinski definition) is 0. The predicted molar refractivity (Wildman–Crippen MR) is 146 cm³/mol. The van der Waals surface area contributed by atoms with Gasteiger partial charge < -0.3 is 9.47 Å². The Hall–Kier alpha value is -2.62. The van der Waals surface area contributed by atoms with Crippen LogP contribution in [0.5, 0.6) is 0 Å². The summed E-state index contributed by atoms with van der Waals surface area (Å²) in [6.07, 6.45) is 13.0. The second kappa shape index (κ2) is 14.8. The summed E-state index contributed by atoms with van der Waals surface area (Å²) in [5.41, 5.74) is 6.64. The predicted octanol–water partition coefficient (Wildman–Crippen LogP) is 7.49. The third kappa shape index (κ3) is 8.21. The second-order valence-corrected chi connectivity index (χ2v) is 10.1. The van der Waals surface area contributed by atoms with Gasteiger partial charge in [-0.15, -0.1) is 0 Å². The molecule has 4 nitrogen and oxygen atoms in total. The molecule has 0 saturated carbocycles. The molecule has 1 aliphatic rings. The third-order valence-corrected chi connectivity index (χ3v) is 7.38. The monoisotopic (exact) mass is 492 g/mol. The molecule has 0 fully saturated rings. The molecule has 0 aliphatic heterocycles. The van der Waals surface area contributed by atoms with Crippen LogP contribution in [-0.2, 0) is 38.3 Å². The summed E-state index contributed by atoms with van der Waals surface area (Å²) in [5.74, 6) is -1.03. The van der Waals surface area contributed by atoms with Crippen molar-refractivity contribution in [3.8, 4) is 11.1 Å². The van der Waals surface area contributed by atoms with Crippen LogP contribution in [0.3, 0.4) is 0 Å². The van der Waals surface area contributed by atoms with Crippen molar-refractivity contribution in [1.82, 2.24) is 0 Å². The average molecular weight is 493 g/mol. The van der Waals surface area contributed by atoms with Crippen LogP contribution in [0.4, 0.5) is 0 Å². The van der Waals surface area contributed by atoms with Crippen LogP contribution >= 0.6 is 0 Å². The van der Waals surface area contributed by atoms with Crippen LogP contribution in [0.2, 0.25) is 0 Å². The van der Waals surface area contributed by atoms with Crippen LogP contribution in [0.25, 0.3) is 11.1 Å². The van der Waals surface area contributed by atoms with Crippen molar-refractivity contribution < 1.29 is 19.1 Å². The molecule has 2 unspecified atom stereocenters. The van der Waals surface area contributed by atoms with Crippen LogP contribution < -0.4 is 0 Å². The first-order valence-corrected chi connectivity index (χ1v) is 14.1. The fraction of sp³-hybridized carbons (Fsp3) is 0.562. The maximum atomic E-state index is 12.2. The Bertz CT molecular complexity index is 963. The molecule has 4 heteroatoms. The van der Waals surface area contributed by atoms with Crippen molar-refractivity contribution in [1.29, 1.82) is 0 Å². The first-order valence-electron chi connectivity index (χ1n) is 14.1. The van der Waals surface area contributed by atoms with Gasteiger partial charge >= 0.3 is 11.9 Å². The SMILES string of the molecule is CCCCCCCCC1Cc2ccc(-c3ccc(CCOC(=O)C(CC)C(=O)OCC)cc3)cc2C1. The van der Waals surface area contributed by atoms with Crippen LogP contribution in [-0.4, -0.2) is 25.2 Å². The van der Waals surface area contributed by atoms with Crippen LogP contribution in [0.1, 0.15) is 88.8 Å². The lowest BCUT2D eigenvalue weighted by Gasteiger charge is -2.13. The maximum absolute atomic E-state index is 12.2. The van der Waals surface area contributed by atoms with E-state index >= 15 is 0 Å². The number of hydrogen-bond acceptors (Lipinski definition) is 4. The Labute approximate surface area is 217 Å². The molecule has 36 heavy (non-hydrogen) atoms. The molecule has 196 valence electrons. The lowest BCUT2D eigenvalue weighted by atomic mass is 9.97. The Morgan fingerprint density at radius 1 is 0.806 bits per heavy atom. The van der Waals surface area contributed by atoms with Crippen molar-refractivity contribution >= 4 is 11.9 Å². The largest absolute Gasteiger partial charge is 0.465 e. The molecule has 0 saturated heterocycles. The van der Waals surface area contributed by atoms with E-state index < -0.39 is 17.9 Å². The summed E-state index contributed by atoms with van der Waals surface area (Å²) in [5, 5.41) is 0. The zero-order chi connectivity index (χ0) is 25.8. The van der Waals surface area contributed by atoms with Gasteiger partial charge in [-0.1, -0.05) is 94.8 Å². The highest BCUT2D eigenvalue weighted by atomic mass is 16.6. The van der Waals surface area contributed by atoms with Crippen LogP contribution in [0.15, 0.2) is 42.5 Å². The molecular formula is C32H44O4. The summed E-state index contributed by atoms with van der Waals surface area (Å²) in [6.45, 7) is 6.31. The number of esters is 2. The van der Waals surface area contributed by atoms with E-state index in [1.807, 2.05) is 0 Å². The quantitative estimate of drug-likeness (QED) is 0.147. The normalized spacial score (nSPS) is 15.4. The first kappa shape index (κ1) is 28.0. The molecule has 1 aliphatic carbocycles. The molecule has 3 rings (SSSR count). The Morgan fingerprint density at radius 3 is 2.19 bits per heavy atom. The molecule has 0 spiro atoms. The summed E-state index contributed by atoms with van der Waals surface area (Å²) >= 11 is 0. The molecule has 0 radical (unpaired) electrons. The lowest BCUT2D eigenvalue weighted by molar-refractivity contribution is -0.161. The molecule has 0 amide bonds. The van der Waals surface area contributed by atoms with Gasteiger partial charge in [-0.25, -0.2) is 0 Å². The van der Waals surface area contributed by atoms with Gasteiger partial charge in [-0.2, -0.15) is 0 Å². The van der Waals surface area contributed by atoms with Gasteiger partial charge in [0.15, 0.2) is 5.92 Å². The minimum Gasteiger partial charge on any atom is -0.465 e. The van der Waals surface area contributed by atoms with E-state index in [1.54, 1.807) is 13.8 Å². The Balaban J connectivity index is 1.46. The fourth-order valence-corrected chi connectivity index (χ4v) is 5.21. The third-order valence-electron chi connectivity index (χ3n) is 7.38. The van der Waals surface area contributed by atoms with E-state index in [9.17, 15) is 9.59 Å². The van der Waals surface area contributed by atoms with Crippen molar-refractivity contribution in [2.45, 2.75) is 91.4 Å². The molecule has 2 aromatic rings. The summed E-state index contributed by atoms with van der Waals surface area (Å²) in [7, 11) is 0. The molecular weight excluding hydrogens is 448 g/mol. The number of fused-ring (bicyclic) bond motifs is 1. The van der Waals surface area contributed by atoms with Gasteiger partial charge in [0.2, 0.25) is 0 Å². The number of benzene rings is 2. The van der Waals surface area contributed by atoms with Gasteiger partial charge in [-0.3, -0.25) is 9.59 Å². The van der Waals surface area contributed by atoms with E-state index in [0.717, 1.165) is 11.5 Å². The van der Waals surface area contributed by atoms with Gasteiger partial charge in [0.25, 0.3) is 0 Å². The Morgan fingerprint density at radius 2 is 1.47 bits per heavy atom. The highest BCUT2D eigenvalue weighted by molar-refractivity contribution is 5.94. The average Bonchev–Trinajstić information content (AvgIpc) is 3.29. The lowest BCUT2D eigenvalue weighted by Crippen LogP contribution is -2.28. The van der Waals surface area contributed by atoms with E-state index in [4.69, 9.17) is 9.47 Å². The van der Waals surface area contributed by atoms with E-state index in [1.165, 1.54) is 80.0 Å². The van der Waals surface area contributed by atoms with Gasteiger partial charge in [0.1, 0.15) is 0 Å². The van der Waals surface area contributed by atoms with Crippen molar-refractivity contribution in [3.63, 3.8) is 0 Å². The standard InChI is InChI=1S/C32H44O4/c1-4-7-8-9-10-11-12-25-21-27-17-18-28(23-29(27)22-25)26-15-13-24(14-16-26)19-20-36-32(34)30(5-2)31(33)35-6-3/h13-18,23,25,30H,4-12,19-22H2,1-3H3. The number of unbranched alkanes of at least 4 members (excludes halogenated alkanes) is 5. The summed E-state index contributed by atoms with van der Waals surface area (Å²) in [6, 6.07) is 15.5. The first-order chi connectivity index (χ1) is 17.5. The minimum absolute atomic E-state index is 0.257. The topological polar surface area (TPSA) is 52.6 Å². The smallest absolute Gasteiger partial charge is 0.320 e. The maximum Gasteiger partial charge on any atom is 0.320 e. The fourth-order valence-electron chi connectivity index (χ4n) is 5.21. The van der Waals surface area contributed by atoms with Crippen molar-refractivity contribution in [2.24, 2.45) is 11.8 Å². The Kier molecular flexibility index (Phi) is 11.5. The summed E-state index contributed by atoms with van der Waals surface area (Å²) < 4.78 is 10.3. The zero-order valence-electron chi connectivity index (χ0n) is 22.5. The number of carbonyl (C=O) groups is 2. The molecule has 2 aromatic carbocycles. The second-order valence-electron chi connectivity index (χ2n) is 10.1. The van der Waals surface area contributed by atoms with Crippen molar-refractivity contribution in [3.05, 3.63) is 59.2 Å². The highest BCUT2D eigenvalue weighted by Crippen LogP contribution is 2.33. The van der Waals surface area contributed by atoms with E-state index in [0.29, 0.717) is 12.8 Å². The number of carbonyl (C=O) groups excluding carboxylic acids is 2. The van der Waals surface area contributed by atoms with E-state index in [2.05, 4.69) is 49.4 Å². The van der Waals surface area contributed by atoms with Crippen LogP contribution in [0, 0.1) is 11.8 Å². The highest BCUT2D eigenvalue weighted by Gasteiger charge is 2.27. The van der Waals surface area contributed by atoms with Gasteiger partial charge in [-0.05, 0) is 66.3 Å². The molecule has 0 bridgehead atoms.